The molecule has 0 radical (unpaired) electrons. The van der Waals surface area contributed by atoms with E-state index in [1.54, 1.807) is 21.0 Å². The molecule has 0 saturated heterocycles. The van der Waals surface area contributed by atoms with Crippen LogP contribution < -0.4 is 5.73 Å². The lowest BCUT2D eigenvalue weighted by atomic mass is 9.57. The summed E-state index contributed by atoms with van der Waals surface area (Å²) in [4.78, 5) is 46.1. The zero-order chi connectivity index (χ0) is 31.5. The van der Waals surface area contributed by atoms with E-state index >= 15 is 0 Å². The molecule has 1 saturated carbocycles. The van der Waals surface area contributed by atoms with Crippen molar-refractivity contribution in [3.05, 3.63) is 45.2 Å². The van der Waals surface area contributed by atoms with Crippen LogP contribution in [0, 0.1) is 17.3 Å². The molecular weight excluding hydrogens is 542 g/mol. The van der Waals surface area contributed by atoms with Gasteiger partial charge in [-0.1, -0.05) is 25.9 Å². The van der Waals surface area contributed by atoms with Crippen LogP contribution in [0.1, 0.15) is 69.2 Å². The lowest BCUT2D eigenvalue weighted by molar-refractivity contribution is -0.153. The maximum atomic E-state index is 14.1. The molecule has 4 unspecified atom stereocenters. The predicted octanol–water partition coefficient (Wildman–Crippen LogP) is 2.70. The number of carbonyl (C=O) groups is 3. The molecule has 1 amide bonds. The van der Waals surface area contributed by atoms with Crippen LogP contribution >= 0.6 is 0 Å². The van der Waals surface area contributed by atoms with Crippen molar-refractivity contribution in [1.82, 2.24) is 4.90 Å². The highest BCUT2D eigenvalue weighted by atomic mass is 16.6. The Bertz CT molecular complexity index is 1450. The van der Waals surface area contributed by atoms with E-state index < -0.39 is 58.0 Å². The maximum Gasteiger partial charge on any atom is 0.255 e. The van der Waals surface area contributed by atoms with Gasteiger partial charge in [-0.15, -0.1) is 0 Å². The quantitative estimate of drug-likeness (QED) is 0.183. The number of phenolic OH excluding ortho intramolecular Hbond substituents is 1. The van der Waals surface area contributed by atoms with Gasteiger partial charge in [0, 0.05) is 17.1 Å². The van der Waals surface area contributed by atoms with E-state index in [1.165, 1.54) is 12.0 Å². The Labute approximate surface area is 245 Å². The molecular formula is C31H41N3O8. The molecule has 6 N–H and O–H groups in total. The summed E-state index contributed by atoms with van der Waals surface area (Å²) < 4.78 is 0. The first-order chi connectivity index (χ1) is 19.5. The maximum absolute atomic E-state index is 14.1. The fourth-order valence-electron chi connectivity index (χ4n) is 6.88. The second-order valence-electron chi connectivity index (χ2n) is 13.0. The predicted molar refractivity (Wildman–Crippen MR) is 156 cm³/mol. The SMILES string of the molecule is CO/N=C(\C)c1cc(CCCC(C)(C)C)c(O)c2c1CC1CC3C(N(C)C)C(=O)C(C(N)=O)=C(O)C3(O)C(=O)C1=C2O. The van der Waals surface area contributed by atoms with Gasteiger partial charge in [-0.2, -0.15) is 0 Å². The number of rotatable bonds is 7. The molecule has 42 heavy (non-hydrogen) atoms. The van der Waals surface area contributed by atoms with Crippen LogP contribution in [0.4, 0.5) is 0 Å². The molecule has 1 aromatic carbocycles. The molecule has 3 aliphatic rings. The Morgan fingerprint density at radius 2 is 1.86 bits per heavy atom. The molecule has 3 aliphatic carbocycles. The number of hydrogen-bond donors (Lipinski definition) is 5. The van der Waals surface area contributed by atoms with Gasteiger partial charge >= 0.3 is 0 Å². The minimum absolute atomic E-state index is 0.0137. The molecule has 0 spiro atoms. The minimum atomic E-state index is -2.68. The summed E-state index contributed by atoms with van der Waals surface area (Å²) in [7, 11) is 4.54. The third kappa shape index (κ3) is 4.88. The Hall–Kier alpha value is -3.70. The van der Waals surface area contributed by atoms with Crippen molar-refractivity contribution < 1.29 is 39.6 Å². The van der Waals surface area contributed by atoms with Crippen molar-refractivity contribution in [2.24, 2.45) is 28.1 Å². The first-order valence-electron chi connectivity index (χ1n) is 14.1. The smallest absolute Gasteiger partial charge is 0.255 e. The number of primary amides is 1. The van der Waals surface area contributed by atoms with Crippen LogP contribution in [0.5, 0.6) is 5.75 Å². The number of aliphatic hydroxyl groups excluding tert-OH is 2. The fraction of sp³-hybridized carbons (Fsp3) is 0.548. The number of aliphatic hydroxyl groups is 3. The second-order valence-corrected chi connectivity index (χ2v) is 13.0. The summed E-state index contributed by atoms with van der Waals surface area (Å²) in [5.74, 6) is -6.72. The lowest BCUT2D eigenvalue weighted by Crippen LogP contribution is -2.65. The highest BCUT2D eigenvalue weighted by molar-refractivity contribution is 6.24. The van der Waals surface area contributed by atoms with Crippen LogP contribution in [-0.4, -0.2) is 81.4 Å². The number of phenols is 1. The molecule has 11 heteroatoms. The van der Waals surface area contributed by atoms with Gasteiger partial charge in [0.15, 0.2) is 11.4 Å². The molecule has 0 heterocycles. The topological polar surface area (TPSA) is 183 Å². The van der Waals surface area contributed by atoms with E-state index in [2.05, 4.69) is 25.9 Å². The monoisotopic (exact) mass is 583 g/mol. The standard InChI is InChI=1S/C31H41N3O8/c1-14(33-42-7)17-11-15(9-8-10-30(2,3)4)24(35)21-18(17)12-16-13-19-23(34(5)6)26(37)22(29(32)40)28(39)31(19,41)27(38)20(16)25(21)36/h11,16,19,23,35-36,39,41H,8-10,12-13H2,1-7H3,(H2,32,40)/b33-14+. The molecule has 4 rings (SSSR count). The summed E-state index contributed by atoms with van der Waals surface area (Å²) in [6.07, 6.45) is 2.32. The second kappa shape index (κ2) is 10.9. The average molecular weight is 584 g/mol. The van der Waals surface area contributed by atoms with Crippen LogP contribution in [0.25, 0.3) is 5.76 Å². The van der Waals surface area contributed by atoms with Crippen molar-refractivity contribution in [3.63, 3.8) is 0 Å². The largest absolute Gasteiger partial charge is 0.508 e. The molecule has 228 valence electrons. The van der Waals surface area contributed by atoms with Gasteiger partial charge in [0.1, 0.15) is 30.0 Å². The summed E-state index contributed by atoms with van der Waals surface area (Å²) in [6.45, 7) is 8.11. The third-order valence-electron chi connectivity index (χ3n) is 8.79. The number of aryl methyl sites for hydroxylation is 1. The Morgan fingerprint density at radius 1 is 1.21 bits per heavy atom. The van der Waals surface area contributed by atoms with E-state index in [0.717, 1.165) is 12.8 Å². The first kappa shape index (κ1) is 31.2. The highest BCUT2D eigenvalue weighted by Crippen LogP contribution is 2.53. The van der Waals surface area contributed by atoms with Crippen molar-refractivity contribution >= 4 is 28.9 Å². The van der Waals surface area contributed by atoms with Crippen molar-refractivity contribution in [2.45, 2.75) is 71.4 Å². The Balaban J connectivity index is 1.95. The lowest BCUT2D eigenvalue weighted by Gasteiger charge is -2.50. The number of nitrogens with two attached hydrogens (primary N) is 1. The Kier molecular flexibility index (Phi) is 8.07. The van der Waals surface area contributed by atoms with Crippen LogP contribution in [0.3, 0.4) is 0 Å². The van der Waals surface area contributed by atoms with Crippen molar-refractivity contribution in [3.8, 4) is 5.75 Å². The van der Waals surface area contributed by atoms with E-state index in [-0.39, 0.29) is 35.1 Å². The average Bonchev–Trinajstić information content (AvgIpc) is 2.86. The number of hydrogen-bond acceptors (Lipinski definition) is 10. The number of oxime groups is 1. The molecule has 0 aromatic heterocycles. The number of fused-ring (bicyclic) bond motifs is 3. The number of Topliss-reactive ketones (excluding diaryl/α,β-unsaturated/α-hetero) is 2. The third-order valence-corrected chi connectivity index (χ3v) is 8.79. The van der Waals surface area contributed by atoms with Gasteiger partial charge in [0.25, 0.3) is 5.91 Å². The van der Waals surface area contributed by atoms with Crippen LogP contribution in [0.15, 0.2) is 28.1 Å². The zero-order valence-electron chi connectivity index (χ0n) is 25.2. The number of amides is 1. The van der Waals surface area contributed by atoms with E-state index in [4.69, 9.17) is 10.6 Å². The molecule has 4 atom stereocenters. The molecule has 0 bridgehead atoms. The normalized spacial score (nSPS) is 26.3. The number of nitrogens with zero attached hydrogens (tertiary/aromatic N) is 2. The van der Waals surface area contributed by atoms with Crippen LogP contribution in [0.2, 0.25) is 0 Å². The van der Waals surface area contributed by atoms with Gasteiger partial charge in [-0.3, -0.25) is 19.3 Å². The highest BCUT2D eigenvalue weighted by Gasteiger charge is 2.64. The van der Waals surface area contributed by atoms with E-state index in [1.807, 2.05) is 6.07 Å². The van der Waals surface area contributed by atoms with Gasteiger partial charge in [-0.05, 0) is 81.6 Å². The minimum Gasteiger partial charge on any atom is -0.508 e. The van der Waals surface area contributed by atoms with Crippen LogP contribution in [-0.2, 0) is 32.1 Å². The molecule has 1 fully saturated rings. The molecule has 11 nitrogen and oxygen atoms in total. The number of benzene rings is 1. The van der Waals surface area contributed by atoms with Gasteiger partial charge in [0.2, 0.25) is 5.78 Å². The molecule has 1 aromatic rings. The number of likely N-dealkylation sites (N-methyl/N-ethyl adjacent to an activating group) is 1. The first-order valence-corrected chi connectivity index (χ1v) is 14.1. The summed E-state index contributed by atoms with van der Waals surface area (Å²) >= 11 is 0. The number of carbonyl (C=O) groups excluding carboxylic acids is 3. The summed E-state index contributed by atoms with van der Waals surface area (Å²) in [5.41, 5.74) is 4.07. The van der Waals surface area contributed by atoms with Crippen molar-refractivity contribution in [1.29, 1.82) is 0 Å². The van der Waals surface area contributed by atoms with E-state index in [0.29, 0.717) is 28.8 Å². The van der Waals surface area contributed by atoms with Crippen molar-refractivity contribution in [2.75, 3.05) is 21.2 Å². The van der Waals surface area contributed by atoms with E-state index in [9.17, 15) is 34.8 Å². The van der Waals surface area contributed by atoms with Gasteiger partial charge in [0.05, 0.1) is 17.3 Å². The van der Waals surface area contributed by atoms with Gasteiger partial charge in [-0.25, -0.2) is 0 Å². The Morgan fingerprint density at radius 3 is 2.40 bits per heavy atom. The van der Waals surface area contributed by atoms with Gasteiger partial charge < -0.3 is 31.0 Å². The number of ketones is 2. The number of aromatic hydroxyl groups is 1. The summed E-state index contributed by atoms with van der Waals surface area (Å²) in [5, 5.41) is 50.1. The summed E-state index contributed by atoms with van der Waals surface area (Å²) in [6, 6.07) is 0.686. The zero-order valence-corrected chi connectivity index (χ0v) is 25.2. The fourth-order valence-corrected chi connectivity index (χ4v) is 6.88. The molecule has 0 aliphatic heterocycles.